The highest BCUT2D eigenvalue weighted by Crippen LogP contribution is 2.28. The summed E-state index contributed by atoms with van der Waals surface area (Å²) in [6.07, 6.45) is 0.759. The van der Waals surface area contributed by atoms with Crippen molar-refractivity contribution in [1.29, 1.82) is 0 Å². The Labute approximate surface area is 184 Å². The molecule has 168 valence electrons. The lowest BCUT2D eigenvalue weighted by atomic mass is 10.1. The van der Waals surface area contributed by atoms with Gasteiger partial charge in [0.25, 0.3) is 0 Å². The Morgan fingerprint density at radius 1 is 0.871 bits per heavy atom. The lowest BCUT2D eigenvalue weighted by molar-refractivity contribution is -0.122. The Hall–Kier alpha value is -2.77. The highest BCUT2D eigenvalue weighted by atomic mass is 16.5. The third-order valence-electron chi connectivity index (χ3n) is 5.60. The van der Waals surface area contributed by atoms with Crippen LogP contribution in [0.25, 0.3) is 0 Å². The summed E-state index contributed by atoms with van der Waals surface area (Å²) in [5, 5.41) is 3.03. The molecule has 1 heterocycles. The van der Waals surface area contributed by atoms with Gasteiger partial charge in [-0.05, 0) is 35.7 Å². The molecule has 0 aromatic heterocycles. The predicted molar refractivity (Wildman–Crippen MR) is 121 cm³/mol. The zero-order chi connectivity index (χ0) is 22.1. The minimum atomic E-state index is 0.0724. The molecule has 0 aliphatic carbocycles. The fourth-order valence-corrected chi connectivity index (χ4v) is 3.85. The summed E-state index contributed by atoms with van der Waals surface area (Å²) >= 11 is 0. The minimum Gasteiger partial charge on any atom is -0.496 e. The average Bonchev–Trinajstić information content (AvgIpc) is 2.80. The maximum absolute atomic E-state index is 12.3. The van der Waals surface area contributed by atoms with Gasteiger partial charge < -0.3 is 19.5 Å². The van der Waals surface area contributed by atoms with E-state index in [1.165, 1.54) is 5.56 Å². The summed E-state index contributed by atoms with van der Waals surface area (Å²) in [6.45, 7) is 5.54. The highest BCUT2D eigenvalue weighted by molar-refractivity contribution is 5.78. The van der Waals surface area contributed by atoms with Gasteiger partial charge in [-0.3, -0.25) is 14.6 Å². The first-order chi connectivity index (χ1) is 15.1. The van der Waals surface area contributed by atoms with Crippen LogP contribution in [-0.2, 0) is 17.8 Å². The zero-order valence-corrected chi connectivity index (χ0v) is 18.7. The number of hydrogen-bond acceptors (Lipinski definition) is 6. The van der Waals surface area contributed by atoms with Crippen molar-refractivity contribution in [2.45, 2.75) is 13.0 Å². The van der Waals surface area contributed by atoms with Gasteiger partial charge in [-0.15, -0.1) is 0 Å². The number of amides is 1. The van der Waals surface area contributed by atoms with E-state index in [1.54, 1.807) is 21.3 Å². The number of carbonyl (C=O) groups excluding carboxylic acids is 1. The second-order valence-corrected chi connectivity index (χ2v) is 7.65. The van der Waals surface area contributed by atoms with Crippen LogP contribution in [0.5, 0.6) is 17.2 Å². The van der Waals surface area contributed by atoms with E-state index in [2.05, 4.69) is 21.2 Å². The Morgan fingerprint density at radius 3 is 2.26 bits per heavy atom. The Bertz CT molecular complexity index is 850. The standard InChI is InChI=1S/C24H33N3O4/c1-29-21-7-5-4-6-20(21)10-11-25-24(28)18-27-14-12-26(13-15-27)17-19-8-9-22(30-2)23(16-19)31-3/h4-9,16H,10-15,17-18H2,1-3H3,(H,25,28). The lowest BCUT2D eigenvalue weighted by Crippen LogP contribution is -2.49. The van der Waals surface area contributed by atoms with Crippen LogP contribution >= 0.6 is 0 Å². The number of nitrogens with zero attached hydrogens (tertiary/aromatic N) is 2. The normalized spacial score (nSPS) is 14.8. The smallest absolute Gasteiger partial charge is 0.234 e. The third kappa shape index (κ3) is 6.60. The van der Waals surface area contributed by atoms with Crippen molar-refractivity contribution in [1.82, 2.24) is 15.1 Å². The van der Waals surface area contributed by atoms with E-state index in [0.29, 0.717) is 13.1 Å². The monoisotopic (exact) mass is 427 g/mol. The molecule has 0 saturated carbocycles. The average molecular weight is 428 g/mol. The lowest BCUT2D eigenvalue weighted by Gasteiger charge is -2.34. The van der Waals surface area contributed by atoms with Gasteiger partial charge in [0, 0.05) is 39.3 Å². The number of ether oxygens (including phenoxy) is 3. The van der Waals surface area contributed by atoms with Crippen LogP contribution < -0.4 is 19.5 Å². The number of para-hydroxylation sites is 1. The summed E-state index contributed by atoms with van der Waals surface area (Å²) in [5.74, 6) is 2.43. The van der Waals surface area contributed by atoms with Crippen LogP contribution in [0.2, 0.25) is 0 Å². The van der Waals surface area contributed by atoms with Gasteiger partial charge in [0.2, 0.25) is 5.91 Å². The largest absolute Gasteiger partial charge is 0.496 e. The number of rotatable bonds is 10. The fourth-order valence-electron chi connectivity index (χ4n) is 3.85. The van der Waals surface area contributed by atoms with Crippen LogP contribution in [0, 0.1) is 0 Å². The van der Waals surface area contributed by atoms with Gasteiger partial charge in [-0.1, -0.05) is 24.3 Å². The molecule has 1 amide bonds. The molecule has 31 heavy (non-hydrogen) atoms. The van der Waals surface area contributed by atoms with Gasteiger partial charge in [0.05, 0.1) is 27.9 Å². The maximum Gasteiger partial charge on any atom is 0.234 e. The molecule has 0 bridgehead atoms. The number of hydrogen-bond donors (Lipinski definition) is 1. The number of carbonyl (C=O) groups is 1. The van der Waals surface area contributed by atoms with Crippen molar-refractivity contribution in [2.24, 2.45) is 0 Å². The SMILES string of the molecule is COc1ccccc1CCNC(=O)CN1CCN(Cc2ccc(OC)c(OC)c2)CC1. The maximum atomic E-state index is 12.3. The molecule has 3 rings (SSSR count). The van der Waals surface area contributed by atoms with E-state index in [0.717, 1.165) is 62.0 Å². The second kappa shape index (κ2) is 11.6. The van der Waals surface area contributed by atoms with Gasteiger partial charge >= 0.3 is 0 Å². The fraction of sp³-hybridized carbons (Fsp3) is 0.458. The van der Waals surface area contributed by atoms with Crippen molar-refractivity contribution in [3.8, 4) is 17.2 Å². The van der Waals surface area contributed by atoms with Gasteiger partial charge in [0.15, 0.2) is 11.5 Å². The molecule has 2 aromatic rings. The molecule has 7 heteroatoms. The number of nitrogens with one attached hydrogen (secondary N) is 1. The number of piperazine rings is 1. The molecule has 2 aromatic carbocycles. The summed E-state index contributed by atoms with van der Waals surface area (Å²) < 4.78 is 16.1. The zero-order valence-electron chi connectivity index (χ0n) is 18.7. The Kier molecular flexibility index (Phi) is 8.55. The number of benzene rings is 2. The van der Waals surface area contributed by atoms with Gasteiger partial charge in [-0.2, -0.15) is 0 Å². The molecule has 1 aliphatic heterocycles. The summed E-state index contributed by atoms with van der Waals surface area (Å²) in [7, 11) is 4.97. The van der Waals surface area contributed by atoms with Crippen molar-refractivity contribution < 1.29 is 19.0 Å². The molecule has 0 spiro atoms. The predicted octanol–water partition coefficient (Wildman–Crippen LogP) is 2.19. The molecule has 1 saturated heterocycles. The Balaban J connectivity index is 1.38. The van der Waals surface area contributed by atoms with Crippen LogP contribution in [-0.4, -0.2) is 76.3 Å². The van der Waals surface area contributed by atoms with Crippen molar-refractivity contribution >= 4 is 5.91 Å². The van der Waals surface area contributed by atoms with E-state index in [-0.39, 0.29) is 5.91 Å². The van der Waals surface area contributed by atoms with Crippen molar-refractivity contribution in [3.63, 3.8) is 0 Å². The molecule has 0 radical (unpaired) electrons. The van der Waals surface area contributed by atoms with E-state index in [1.807, 2.05) is 36.4 Å². The van der Waals surface area contributed by atoms with E-state index in [4.69, 9.17) is 14.2 Å². The quantitative estimate of drug-likeness (QED) is 0.627. The summed E-state index contributed by atoms with van der Waals surface area (Å²) in [6, 6.07) is 14.0. The molecule has 1 N–H and O–H groups in total. The highest BCUT2D eigenvalue weighted by Gasteiger charge is 2.19. The van der Waals surface area contributed by atoms with Gasteiger partial charge in [-0.25, -0.2) is 0 Å². The van der Waals surface area contributed by atoms with Crippen LogP contribution in [0.1, 0.15) is 11.1 Å². The molecular weight excluding hydrogens is 394 g/mol. The topological polar surface area (TPSA) is 63.3 Å². The number of methoxy groups -OCH3 is 3. The Morgan fingerprint density at radius 2 is 1.55 bits per heavy atom. The first-order valence-electron chi connectivity index (χ1n) is 10.7. The van der Waals surface area contributed by atoms with E-state index < -0.39 is 0 Å². The molecule has 1 aliphatic rings. The molecule has 0 atom stereocenters. The molecule has 7 nitrogen and oxygen atoms in total. The van der Waals surface area contributed by atoms with Crippen molar-refractivity contribution in [2.75, 3.05) is 60.6 Å². The summed E-state index contributed by atoms with van der Waals surface area (Å²) in [5.41, 5.74) is 2.30. The van der Waals surface area contributed by atoms with Crippen LogP contribution in [0.3, 0.4) is 0 Å². The van der Waals surface area contributed by atoms with Crippen LogP contribution in [0.4, 0.5) is 0 Å². The molecule has 0 unspecified atom stereocenters. The molecular formula is C24H33N3O4. The van der Waals surface area contributed by atoms with Crippen LogP contribution in [0.15, 0.2) is 42.5 Å². The van der Waals surface area contributed by atoms with Crippen molar-refractivity contribution in [3.05, 3.63) is 53.6 Å². The first kappa shape index (κ1) is 22.9. The van der Waals surface area contributed by atoms with E-state index in [9.17, 15) is 4.79 Å². The third-order valence-corrected chi connectivity index (χ3v) is 5.60. The van der Waals surface area contributed by atoms with E-state index >= 15 is 0 Å². The summed E-state index contributed by atoms with van der Waals surface area (Å²) in [4.78, 5) is 16.9. The molecule has 1 fully saturated rings. The van der Waals surface area contributed by atoms with Gasteiger partial charge in [0.1, 0.15) is 5.75 Å². The minimum absolute atomic E-state index is 0.0724. The first-order valence-corrected chi connectivity index (χ1v) is 10.7. The second-order valence-electron chi connectivity index (χ2n) is 7.65.